The molecule has 0 spiro atoms. The fraction of sp³-hybridized carbons (Fsp3) is 0.310. The average molecular weight is 491 g/mol. The van der Waals surface area contributed by atoms with Crippen molar-refractivity contribution in [1.82, 2.24) is 4.90 Å². The highest BCUT2D eigenvalue weighted by molar-refractivity contribution is 5.91. The number of carbonyl (C=O) groups is 2. The van der Waals surface area contributed by atoms with Crippen molar-refractivity contribution in [1.29, 1.82) is 0 Å². The summed E-state index contributed by atoms with van der Waals surface area (Å²) in [7, 11) is 0. The fourth-order valence-electron chi connectivity index (χ4n) is 5.59. The number of anilines is 1. The Morgan fingerprint density at radius 1 is 0.889 bits per heavy atom. The molecule has 0 bridgehead atoms. The van der Waals surface area contributed by atoms with E-state index in [2.05, 4.69) is 0 Å². The number of benzene rings is 3. The fourth-order valence-corrected chi connectivity index (χ4v) is 5.59. The number of hydrogen-bond donors (Lipinski definition) is 1. The maximum absolute atomic E-state index is 14.2. The molecule has 2 heterocycles. The smallest absolute Gasteiger partial charge is 0.326 e. The zero-order valence-corrected chi connectivity index (χ0v) is 19.8. The van der Waals surface area contributed by atoms with Gasteiger partial charge in [-0.25, -0.2) is 13.6 Å². The molecule has 36 heavy (non-hydrogen) atoms. The number of nitrogens with zero attached hydrogens (tertiary/aromatic N) is 2. The molecule has 0 unspecified atom stereocenters. The van der Waals surface area contributed by atoms with Crippen LogP contribution < -0.4 is 4.90 Å². The highest BCUT2D eigenvalue weighted by Crippen LogP contribution is 2.36. The van der Waals surface area contributed by atoms with Crippen LogP contribution in [0.4, 0.5) is 14.5 Å². The summed E-state index contributed by atoms with van der Waals surface area (Å²) < 4.78 is 28.2. The molecule has 186 valence electrons. The van der Waals surface area contributed by atoms with Gasteiger partial charge in [0.05, 0.1) is 5.92 Å². The second-order valence-electron chi connectivity index (χ2n) is 9.53. The lowest BCUT2D eigenvalue weighted by atomic mass is 9.90. The van der Waals surface area contributed by atoms with Gasteiger partial charge in [0, 0.05) is 37.3 Å². The third kappa shape index (κ3) is 4.57. The minimum atomic E-state index is -1.06. The third-order valence-electron chi connectivity index (χ3n) is 7.33. The van der Waals surface area contributed by atoms with E-state index >= 15 is 0 Å². The maximum atomic E-state index is 14.2. The van der Waals surface area contributed by atoms with E-state index in [4.69, 9.17) is 0 Å². The molecule has 5 rings (SSSR count). The first-order valence-electron chi connectivity index (χ1n) is 12.3. The summed E-state index contributed by atoms with van der Waals surface area (Å²) in [5.74, 6) is -3.78. The van der Waals surface area contributed by atoms with Crippen LogP contribution in [0.15, 0.2) is 72.8 Å². The number of aryl methyl sites for hydroxylation is 1. The average Bonchev–Trinajstić information content (AvgIpc) is 3.24. The number of fused-ring (bicyclic) bond motifs is 1. The van der Waals surface area contributed by atoms with Crippen LogP contribution in [0.1, 0.15) is 41.9 Å². The van der Waals surface area contributed by atoms with E-state index in [9.17, 15) is 23.5 Å². The number of hydrogen-bond acceptors (Lipinski definition) is 3. The van der Waals surface area contributed by atoms with Crippen molar-refractivity contribution in [2.24, 2.45) is 0 Å². The molecular weight excluding hydrogens is 462 g/mol. The standard InChI is InChI=1S/C29H28F2N2O3/c30-23-15-21-13-7-8-14-32(25(21)17-24(23)31)22-16-26(29(35)36)33(18-22)28(34)27(19-9-3-1-4-10-19)20-11-5-2-6-12-20/h1-6,9-12,15,17,22,26-27H,7-8,13-14,16,18H2,(H,35,36)/t22-,26-/m0/s1. The zero-order valence-electron chi connectivity index (χ0n) is 19.8. The first kappa shape index (κ1) is 24.0. The summed E-state index contributed by atoms with van der Waals surface area (Å²) >= 11 is 0. The van der Waals surface area contributed by atoms with Crippen LogP contribution >= 0.6 is 0 Å². The number of rotatable bonds is 5. The predicted octanol–water partition coefficient (Wildman–Crippen LogP) is 4.99. The Kier molecular flexibility index (Phi) is 6.72. The summed E-state index contributed by atoms with van der Waals surface area (Å²) in [5.41, 5.74) is 2.89. The molecule has 0 aliphatic carbocycles. The largest absolute Gasteiger partial charge is 0.480 e. The van der Waals surface area contributed by atoms with E-state index in [-0.39, 0.29) is 24.9 Å². The first-order valence-corrected chi connectivity index (χ1v) is 12.3. The van der Waals surface area contributed by atoms with Gasteiger partial charge in [-0.3, -0.25) is 4.79 Å². The lowest BCUT2D eigenvalue weighted by Crippen LogP contribution is -2.44. The second kappa shape index (κ2) is 10.1. The molecule has 3 aromatic rings. The zero-order chi connectivity index (χ0) is 25.2. The van der Waals surface area contributed by atoms with Crippen LogP contribution in [0.25, 0.3) is 0 Å². The summed E-state index contributed by atoms with van der Waals surface area (Å²) in [6.07, 6.45) is 2.49. The lowest BCUT2D eigenvalue weighted by Gasteiger charge is -2.32. The van der Waals surface area contributed by atoms with Gasteiger partial charge in [-0.2, -0.15) is 0 Å². The second-order valence-corrected chi connectivity index (χ2v) is 9.53. The molecule has 2 aliphatic heterocycles. The summed E-state index contributed by atoms with van der Waals surface area (Å²) in [5, 5.41) is 10.1. The molecule has 5 nitrogen and oxygen atoms in total. The molecule has 0 radical (unpaired) electrons. The Labute approximate surface area is 209 Å². The maximum Gasteiger partial charge on any atom is 0.326 e. The molecule has 1 N–H and O–H groups in total. The number of amides is 1. The van der Waals surface area contributed by atoms with Gasteiger partial charge in [0.25, 0.3) is 0 Å². The predicted molar refractivity (Wildman–Crippen MR) is 133 cm³/mol. The van der Waals surface area contributed by atoms with Crippen LogP contribution in [-0.4, -0.2) is 47.1 Å². The SMILES string of the molecule is O=C(O)[C@@H]1C[C@H](N2CCCCc3cc(F)c(F)cc32)CN1C(=O)C(c1ccccc1)c1ccccc1. The highest BCUT2D eigenvalue weighted by Gasteiger charge is 2.44. The lowest BCUT2D eigenvalue weighted by molar-refractivity contribution is -0.148. The van der Waals surface area contributed by atoms with E-state index in [1.54, 1.807) is 0 Å². The number of carbonyl (C=O) groups excluding carboxylic acids is 1. The van der Waals surface area contributed by atoms with Crippen LogP contribution in [0.2, 0.25) is 0 Å². The number of halogens is 2. The van der Waals surface area contributed by atoms with Gasteiger partial charge in [0.2, 0.25) is 5.91 Å². The monoisotopic (exact) mass is 490 g/mol. The van der Waals surface area contributed by atoms with Crippen molar-refractivity contribution >= 4 is 17.6 Å². The van der Waals surface area contributed by atoms with Crippen molar-refractivity contribution in [2.75, 3.05) is 18.0 Å². The first-order chi connectivity index (χ1) is 17.4. The number of aliphatic carboxylic acids is 1. The molecule has 7 heteroatoms. The normalized spacial score (nSPS) is 19.8. The Morgan fingerprint density at radius 3 is 2.11 bits per heavy atom. The Bertz CT molecular complexity index is 1210. The number of carboxylic acids is 1. The molecule has 1 amide bonds. The van der Waals surface area contributed by atoms with Crippen LogP contribution in [0.3, 0.4) is 0 Å². The van der Waals surface area contributed by atoms with Gasteiger partial charge in [0.1, 0.15) is 6.04 Å². The van der Waals surface area contributed by atoms with Crippen molar-refractivity contribution in [3.8, 4) is 0 Å². The molecule has 1 saturated heterocycles. The van der Waals surface area contributed by atoms with Gasteiger partial charge < -0.3 is 14.9 Å². The number of likely N-dealkylation sites (tertiary alicyclic amines) is 1. The van der Waals surface area contributed by atoms with Crippen LogP contribution in [0, 0.1) is 11.6 Å². The van der Waals surface area contributed by atoms with E-state index in [0.717, 1.165) is 29.5 Å². The Morgan fingerprint density at radius 2 is 1.50 bits per heavy atom. The molecule has 0 saturated carbocycles. The van der Waals surface area contributed by atoms with Crippen LogP contribution in [0.5, 0.6) is 0 Å². The minimum absolute atomic E-state index is 0.199. The molecule has 2 aliphatic rings. The molecule has 0 aromatic heterocycles. The summed E-state index contributed by atoms with van der Waals surface area (Å²) in [6.45, 7) is 0.794. The van der Waals surface area contributed by atoms with E-state index in [1.807, 2.05) is 65.6 Å². The molecule has 3 aromatic carbocycles. The van der Waals surface area contributed by atoms with E-state index in [0.29, 0.717) is 18.7 Å². The molecular formula is C29H28F2N2O3. The van der Waals surface area contributed by atoms with Gasteiger partial charge in [-0.15, -0.1) is 0 Å². The quantitative estimate of drug-likeness (QED) is 0.547. The molecule has 2 atom stereocenters. The summed E-state index contributed by atoms with van der Waals surface area (Å²) in [6, 6.07) is 19.8. The number of carboxylic acid groups (broad SMARTS) is 1. The van der Waals surface area contributed by atoms with Crippen LogP contribution in [-0.2, 0) is 16.0 Å². The Balaban J connectivity index is 1.50. The minimum Gasteiger partial charge on any atom is -0.480 e. The van der Waals surface area contributed by atoms with E-state index < -0.39 is 29.6 Å². The third-order valence-corrected chi connectivity index (χ3v) is 7.33. The van der Waals surface area contributed by atoms with Gasteiger partial charge in [-0.1, -0.05) is 60.7 Å². The Hall–Kier alpha value is -3.74. The van der Waals surface area contributed by atoms with Crippen molar-refractivity contribution in [3.05, 3.63) is 101 Å². The topological polar surface area (TPSA) is 60.9 Å². The molecule has 1 fully saturated rings. The van der Waals surface area contributed by atoms with Gasteiger partial charge in [0.15, 0.2) is 11.6 Å². The van der Waals surface area contributed by atoms with Crippen molar-refractivity contribution < 1.29 is 23.5 Å². The van der Waals surface area contributed by atoms with E-state index in [1.165, 1.54) is 17.0 Å². The van der Waals surface area contributed by atoms with Gasteiger partial charge >= 0.3 is 5.97 Å². The van der Waals surface area contributed by atoms with Gasteiger partial charge in [-0.05, 0) is 42.0 Å². The van der Waals surface area contributed by atoms with Crippen molar-refractivity contribution in [3.63, 3.8) is 0 Å². The summed E-state index contributed by atoms with van der Waals surface area (Å²) in [4.78, 5) is 29.8. The van der Waals surface area contributed by atoms with Crippen molar-refractivity contribution in [2.45, 2.75) is 43.7 Å². The highest BCUT2D eigenvalue weighted by atomic mass is 19.2.